The monoisotopic (exact) mass is 546 g/mol. The molecule has 0 spiro atoms. The van der Waals surface area contributed by atoms with Crippen LogP contribution in [0.5, 0.6) is 0 Å². The van der Waals surface area contributed by atoms with Crippen molar-refractivity contribution in [3.8, 4) is 5.69 Å². The van der Waals surface area contributed by atoms with Gasteiger partial charge in [-0.15, -0.1) is 11.3 Å². The molecule has 0 unspecified atom stereocenters. The Morgan fingerprint density at radius 2 is 1.55 bits per heavy atom. The molecule has 196 valence electrons. The van der Waals surface area contributed by atoms with E-state index in [9.17, 15) is 14.4 Å². The molecule has 0 atom stereocenters. The zero-order valence-corrected chi connectivity index (χ0v) is 22.2. The Labute approximate surface area is 232 Å². The third kappa shape index (κ3) is 3.66. The lowest BCUT2D eigenvalue weighted by Gasteiger charge is -2.03. The predicted octanol–water partition coefficient (Wildman–Crippen LogP) is 5.33. The van der Waals surface area contributed by atoms with Gasteiger partial charge in [0.15, 0.2) is 0 Å². The maximum atomic E-state index is 13.4. The van der Waals surface area contributed by atoms with Gasteiger partial charge in [-0.05, 0) is 18.2 Å². The molecule has 1 aliphatic heterocycles. The van der Waals surface area contributed by atoms with E-state index < -0.39 is 11.8 Å². The molecule has 9 heteroatoms. The second-order valence-electron chi connectivity index (χ2n) is 9.50. The van der Waals surface area contributed by atoms with Crippen LogP contribution >= 0.6 is 11.3 Å². The number of nitrogens with one attached hydrogen (secondary N) is 1. The van der Waals surface area contributed by atoms with Gasteiger partial charge in [-0.25, -0.2) is 0 Å². The molecule has 6 aromatic rings. The van der Waals surface area contributed by atoms with Crippen molar-refractivity contribution in [3.05, 3.63) is 95.6 Å². The number of fused-ring (bicyclic) bond motifs is 3. The van der Waals surface area contributed by atoms with Gasteiger partial charge in [0.25, 0.3) is 11.8 Å². The molecule has 3 aromatic carbocycles. The quantitative estimate of drug-likeness (QED) is 0.225. The van der Waals surface area contributed by atoms with Gasteiger partial charge in [0.1, 0.15) is 5.69 Å². The summed E-state index contributed by atoms with van der Waals surface area (Å²) < 4.78 is 9.72. The van der Waals surface area contributed by atoms with E-state index >= 15 is 0 Å². The van der Waals surface area contributed by atoms with Gasteiger partial charge < -0.3 is 9.30 Å². The Morgan fingerprint density at radius 1 is 0.875 bits per heavy atom. The number of benzene rings is 3. The van der Waals surface area contributed by atoms with E-state index in [4.69, 9.17) is 9.84 Å². The molecular weight excluding hydrogens is 524 g/mol. The van der Waals surface area contributed by atoms with Gasteiger partial charge in [0.05, 0.1) is 47.9 Å². The Kier molecular flexibility index (Phi) is 5.60. The molecule has 0 fully saturated rings. The number of carbonyl (C=O) groups is 3. The minimum absolute atomic E-state index is 0.126. The fourth-order valence-electron chi connectivity index (χ4n) is 5.45. The van der Waals surface area contributed by atoms with Crippen LogP contribution in [0.25, 0.3) is 48.7 Å². The molecule has 0 radical (unpaired) electrons. The van der Waals surface area contributed by atoms with E-state index in [2.05, 4.69) is 27.4 Å². The van der Waals surface area contributed by atoms with Crippen LogP contribution < -0.4 is 5.32 Å². The minimum atomic E-state index is -0.499. The summed E-state index contributed by atoms with van der Waals surface area (Å²) in [5.41, 5.74) is 4.24. The van der Waals surface area contributed by atoms with Crippen LogP contribution in [0, 0.1) is 0 Å². The number of nitrogens with zero attached hydrogens (tertiary/aromatic N) is 3. The lowest BCUT2D eigenvalue weighted by molar-refractivity contribution is -0.140. The lowest BCUT2D eigenvalue weighted by atomic mass is 9.97. The smallest absolute Gasteiger partial charge is 0.307 e. The number of ether oxygens (including phenoxy) is 1. The second-order valence-corrected chi connectivity index (χ2v) is 10.4. The number of esters is 1. The van der Waals surface area contributed by atoms with Gasteiger partial charge in [0.2, 0.25) is 0 Å². The van der Waals surface area contributed by atoms with Crippen LogP contribution in [-0.2, 0) is 25.7 Å². The maximum Gasteiger partial charge on any atom is 0.307 e. The molecule has 40 heavy (non-hydrogen) atoms. The van der Waals surface area contributed by atoms with Crippen molar-refractivity contribution in [2.45, 2.75) is 13.0 Å². The number of imide groups is 1. The molecule has 7 rings (SSSR count). The predicted molar refractivity (Wildman–Crippen MR) is 155 cm³/mol. The summed E-state index contributed by atoms with van der Waals surface area (Å²) in [6.45, 7) is 0.274. The topological polar surface area (TPSA) is 95.2 Å². The number of thiophene rings is 1. The van der Waals surface area contributed by atoms with E-state index in [0.29, 0.717) is 11.3 Å². The Balaban J connectivity index is 1.47. The highest BCUT2D eigenvalue weighted by atomic mass is 32.1. The fourth-order valence-corrected chi connectivity index (χ4v) is 6.38. The number of rotatable bonds is 6. The van der Waals surface area contributed by atoms with Gasteiger partial charge in [-0.2, -0.15) is 5.10 Å². The molecule has 0 bridgehead atoms. The second kappa shape index (κ2) is 9.32. The summed E-state index contributed by atoms with van der Waals surface area (Å²) >= 11 is 1.66. The third-order valence-electron chi connectivity index (χ3n) is 7.28. The first-order chi connectivity index (χ1) is 19.5. The number of methoxy groups -OCH3 is 1. The van der Waals surface area contributed by atoms with Crippen molar-refractivity contribution in [1.29, 1.82) is 0 Å². The number of hydrogen-bond donors (Lipinski definition) is 1. The molecule has 0 aliphatic carbocycles. The molecule has 0 saturated carbocycles. The van der Waals surface area contributed by atoms with E-state index in [1.54, 1.807) is 16.0 Å². The molecule has 1 N–H and O–H groups in total. The van der Waals surface area contributed by atoms with Crippen molar-refractivity contribution in [3.63, 3.8) is 0 Å². The maximum absolute atomic E-state index is 13.4. The van der Waals surface area contributed by atoms with Crippen LogP contribution in [0.15, 0.2) is 84.4 Å². The SMILES string of the molecule is COC(=O)CCn1nc(C2=C(c3cn(-c4csc5ccccc45)c4ccccc34)C(=O)NC2=O)c2ccccc21. The summed E-state index contributed by atoms with van der Waals surface area (Å²) in [4.78, 5) is 38.6. The van der Waals surface area contributed by atoms with Crippen molar-refractivity contribution >= 4 is 72.2 Å². The number of aryl methyl sites for hydroxylation is 1. The first-order valence-electron chi connectivity index (χ1n) is 12.7. The molecule has 3 aromatic heterocycles. The highest BCUT2D eigenvalue weighted by Gasteiger charge is 2.36. The van der Waals surface area contributed by atoms with E-state index in [0.717, 1.165) is 37.6 Å². The van der Waals surface area contributed by atoms with Gasteiger partial charge in [-0.3, -0.25) is 24.4 Å². The van der Waals surface area contributed by atoms with Crippen LogP contribution in [0.4, 0.5) is 0 Å². The van der Waals surface area contributed by atoms with E-state index in [1.807, 2.05) is 66.9 Å². The Morgan fingerprint density at radius 3 is 2.35 bits per heavy atom. The van der Waals surface area contributed by atoms with Crippen molar-refractivity contribution in [2.75, 3.05) is 7.11 Å². The minimum Gasteiger partial charge on any atom is -0.469 e. The molecule has 0 saturated heterocycles. The lowest BCUT2D eigenvalue weighted by Crippen LogP contribution is -2.22. The first-order valence-corrected chi connectivity index (χ1v) is 13.6. The van der Waals surface area contributed by atoms with E-state index in [1.165, 1.54) is 7.11 Å². The molecule has 1 aliphatic rings. The van der Waals surface area contributed by atoms with Gasteiger partial charge >= 0.3 is 5.97 Å². The van der Waals surface area contributed by atoms with Crippen LogP contribution in [0.3, 0.4) is 0 Å². The zero-order valence-electron chi connectivity index (χ0n) is 21.4. The average molecular weight is 547 g/mol. The fraction of sp³-hybridized carbons (Fsp3) is 0.0968. The number of aromatic nitrogens is 3. The van der Waals surface area contributed by atoms with E-state index in [-0.39, 0.29) is 30.1 Å². The summed E-state index contributed by atoms with van der Waals surface area (Å²) in [7, 11) is 1.34. The summed E-state index contributed by atoms with van der Waals surface area (Å²) in [6, 6.07) is 23.5. The summed E-state index contributed by atoms with van der Waals surface area (Å²) in [5, 5.41) is 12.0. The Bertz CT molecular complexity index is 2040. The first kappa shape index (κ1) is 24.1. The van der Waals surface area contributed by atoms with Gasteiger partial charge in [0, 0.05) is 38.0 Å². The van der Waals surface area contributed by atoms with Crippen molar-refractivity contribution in [2.24, 2.45) is 0 Å². The van der Waals surface area contributed by atoms with Crippen LogP contribution in [-0.4, -0.2) is 39.2 Å². The molecule has 4 heterocycles. The normalized spacial score (nSPS) is 13.6. The van der Waals surface area contributed by atoms with Crippen LogP contribution in [0.1, 0.15) is 17.7 Å². The summed E-state index contributed by atoms with van der Waals surface area (Å²) in [5.74, 6) is -1.32. The summed E-state index contributed by atoms with van der Waals surface area (Å²) in [6.07, 6.45) is 2.06. The number of hydrogen-bond acceptors (Lipinski definition) is 6. The highest BCUT2D eigenvalue weighted by Crippen LogP contribution is 2.40. The molecular formula is C31H22N4O4S. The average Bonchev–Trinajstić information content (AvgIpc) is 3.73. The third-order valence-corrected chi connectivity index (χ3v) is 8.23. The number of amides is 2. The highest BCUT2D eigenvalue weighted by molar-refractivity contribution is 7.17. The van der Waals surface area contributed by atoms with Gasteiger partial charge in [-0.1, -0.05) is 54.6 Å². The molecule has 8 nitrogen and oxygen atoms in total. The number of para-hydroxylation sites is 2. The largest absolute Gasteiger partial charge is 0.469 e. The molecule has 2 amide bonds. The van der Waals surface area contributed by atoms with Crippen molar-refractivity contribution < 1.29 is 19.1 Å². The Hall–Kier alpha value is -5.02. The standard InChI is InChI=1S/C31H22N4O4S/c1-39-26(36)14-15-35-23-12-6-3-10-20(23)29(33-35)28-27(30(37)32-31(28)38)21-16-34(22-11-5-2-8-18(21)22)24-17-40-25-13-7-4-9-19(24)25/h2-13,16-17H,14-15H2,1H3,(H,32,37,38). The van der Waals surface area contributed by atoms with Crippen LogP contribution in [0.2, 0.25) is 0 Å². The zero-order chi connectivity index (χ0) is 27.4. The van der Waals surface area contributed by atoms with Crippen molar-refractivity contribution in [1.82, 2.24) is 19.7 Å². The number of carbonyl (C=O) groups excluding carboxylic acids is 3.